The van der Waals surface area contributed by atoms with Gasteiger partial charge in [-0.3, -0.25) is 4.79 Å². The summed E-state index contributed by atoms with van der Waals surface area (Å²) in [6.45, 7) is 2.02. The van der Waals surface area contributed by atoms with Gasteiger partial charge in [-0.2, -0.15) is 5.26 Å². The minimum atomic E-state index is -0.105. The molecule has 0 radical (unpaired) electrons. The third-order valence-corrected chi connectivity index (χ3v) is 3.64. The number of amides is 1. The van der Waals surface area contributed by atoms with Crippen LogP contribution in [0.25, 0.3) is 0 Å². The molecular weight excluding hydrogens is 240 g/mol. The fraction of sp³-hybridized carbons (Fsp3) is 0.500. The summed E-state index contributed by atoms with van der Waals surface area (Å²) in [7, 11) is 3.91. The molecule has 1 aliphatic rings. The summed E-state index contributed by atoms with van der Waals surface area (Å²) in [6, 6.07) is 7.18. The largest absolute Gasteiger partial charge is 0.337 e. The molecule has 5 nitrogen and oxygen atoms in total. The second-order valence-electron chi connectivity index (χ2n) is 4.97. The summed E-state index contributed by atoms with van der Waals surface area (Å²) >= 11 is 0. The highest BCUT2D eigenvalue weighted by Crippen LogP contribution is 2.16. The molecule has 5 heteroatoms. The van der Waals surface area contributed by atoms with Gasteiger partial charge in [0.25, 0.3) is 5.91 Å². The molecule has 1 aromatic heterocycles. The molecular formula is C14H18N4O. The van der Waals surface area contributed by atoms with Crippen molar-refractivity contribution in [1.29, 1.82) is 5.26 Å². The molecule has 100 valence electrons. The Kier molecular flexibility index (Phi) is 4.13. The zero-order valence-corrected chi connectivity index (χ0v) is 11.3. The normalized spacial score (nSPS) is 16.9. The molecule has 0 aromatic carbocycles. The van der Waals surface area contributed by atoms with E-state index in [0.717, 1.165) is 25.9 Å². The van der Waals surface area contributed by atoms with Crippen molar-refractivity contribution in [3.8, 4) is 6.07 Å². The number of piperidine rings is 1. The van der Waals surface area contributed by atoms with Gasteiger partial charge in [0.05, 0.1) is 0 Å². The first-order chi connectivity index (χ1) is 9.11. The molecule has 0 unspecified atom stereocenters. The summed E-state index contributed by atoms with van der Waals surface area (Å²) in [6.07, 6.45) is 1.97. The molecule has 1 fully saturated rings. The second-order valence-corrected chi connectivity index (χ2v) is 4.97. The average Bonchev–Trinajstić information content (AvgIpc) is 2.46. The third-order valence-electron chi connectivity index (χ3n) is 3.64. The molecule has 0 aliphatic carbocycles. The monoisotopic (exact) mass is 258 g/mol. The van der Waals surface area contributed by atoms with E-state index in [9.17, 15) is 4.79 Å². The molecule has 19 heavy (non-hydrogen) atoms. The minimum Gasteiger partial charge on any atom is -0.337 e. The van der Waals surface area contributed by atoms with Crippen molar-refractivity contribution in [2.24, 2.45) is 0 Å². The summed E-state index contributed by atoms with van der Waals surface area (Å²) in [5, 5.41) is 8.82. The van der Waals surface area contributed by atoms with E-state index in [-0.39, 0.29) is 17.6 Å². The average molecular weight is 258 g/mol. The maximum atomic E-state index is 12.3. The number of carbonyl (C=O) groups is 1. The van der Waals surface area contributed by atoms with Crippen LogP contribution in [-0.4, -0.2) is 53.9 Å². The van der Waals surface area contributed by atoms with E-state index in [4.69, 9.17) is 5.26 Å². The highest BCUT2D eigenvalue weighted by atomic mass is 16.2. The Hall–Kier alpha value is -1.93. The van der Waals surface area contributed by atoms with Crippen LogP contribution in [0.1, 0.15) is 29.0 Å². The summed E-state index contributed by atoms with van der Waals surface area (Å²) < 4.78 is 0. The van der Waals surface area contributed by atoms with Crippen LogP contribution in [0.3, 0.4) is 0 Å². The van der Waals surface area contributed by atoms with Crippen molar-refractivity contribution in [2.75, 3.05) is 27.2 Å². The van der Waals surface area contributed by atoms with Gasteiger partial charge in [-0.1, -0.05) is 6.07 Å². The molecule has 1 saturated heterocycles. The Morgan fingerprint density at radius 1 is 1.47 bits per heavy atom. The summed E-state index contributed by atoms with van der Waals surface area (Å²) in [5.74, 6) is -0.105. The highest BCUT2D eigenvalue weighted by molar-refractivity contribution is 5.92. The van der Waals surface area contributed by atoms with Gasteiger partial charge in [-0.05, 0) is 45.1 Å². The first-order valence-electron chi connectivity index (χ1n) is 6.44. The first-order valence-corrected chi connectivity index (χ1v) is 6.44. The standard InChI is InChI=1S/C14H18N4O/c1-17-8-6-12(7-9-17)18(2)14(19)13-5-3-4-11(10-15)16-13/h3-5,12H,6-9H2,1-2H3. The molecule has 0 N–H and O–H groups in total. The van der Waals surface area contributed by atoms with Gasteiger partial charge in [0.2, 0.25) is 0 Å². The fourth-order valence-corrected chi connectivity index (χ4v) is 2.34. The van der Waals surface area contributed by atoms with E-state index in [1.165, 1.54) is 0 Å². The molecule has 0 spiro atoms. The number of hydrogen-bond acceptors (Lipinski definition) is 4. The van der Waals surface area contributed by atoms with Gasteiger partial charge in [0.15, 0.2) is 0 Å². The van der Waals surface area contributed by atoms with Crippen LogP contribution in [0, 0.1) is 11.3 Å². The van der Waals surface area contributed by atoms with Crippen molar-refractivity contribution < 1.29 is 4.79 Å². The highest BCUT2D eigenvalue weighted by Gasteiger charge is 2.25. The Morgan fingerprint density at radius 3 is 2.79 bits per heavy atom. The van der Waals surface area contributed by atoms with Crippen LogP contribution < -0.4 is 0 Å². The van der Waals surface area contributed by atoms with E-state index in [2.05, 4.69) is 16.9 Å². The molecule has 0 atom stereocenters. The van der Waals surface area contributed by atoms with Crippen LogP contribution in [0.15, 0.2) is 18.2 Å². The van der Waals surface area contributed by atoms with Crippen molar-refractivity contribution in [3.05, 3.63) is 29.6 Å². The van der Waals surface area contributed by atoms with Crippen molar-refractivity contribution in [2.45, 2.75) is 18.9 Å². The topological polar surface area (TPSA) is 60.2 Å². The summed E-state index contributed by atoms with van der Waals surface area (Å²) in [4.78, 5) is 20.4. The molecule has 1 aliphatic heterocycles. The van der Waals surface area contributed by atoms with Crippen molar-refractivity contribution >= 4 is 5.91 Å². The van der Waals surface area contributed by atoms with Crippen molar-refractivity contribution in [3.63, 3.8) is 0 Å². The number of pyridine rings is 1. The Labute approximate surface area is 113 Å². The van der Waals surface area contributed by atoms with Crippen LogP contribution in [0.5, 0.6) is 0 Å². The number of carbonyl (C=O) groups excluding carboxylic acids is 1. The minimum absolute atomic E-state index is 0.105. The molecule has 1 aromatic rings. The van der Waals surface area contributed by atoms with E-state index in [1.54, 1.807) is 23.1 Å². The zero-order chi connectivity index (χ0) is 13.8. The van der Waals surface area contributed by atoms with E-state index >= 15 is 0 Å². The number of aromatic nitrogens is 1. The maximum absolute atomic E-state index is 12.3. The van der Waals surface area contributed by atoms with Gasteiger partial charge in [0, 0.05) is 13.1 Å². The van der Waals surface area contributed by atoms with Crippen LogP contribution in [0.2, 0.25) is 0 Å². The first kappa shape index (κ1) is 13.5. The van der Waals surface area contributed by atoms with Gasteiger partial charge >= 0.3 is 0 Å². The van der Waals surface area contributed by atoms with Gasteiger partial charge in [-0.15, -0.1) is 0 Å². The second kappa shape index (κ2) is 5.81. The van der Waals surface area contributed by atoms with E-state index in [1.807, 2.05) is 13.1 Å². The lowest BCUT2D eigenvalue weighted by molar-refractivity contribution is 0.0653. The molecule has 0 saturated carbocycles. The van der Waals surface area contributed by atoms with Crippen LogP contribution in [-0.2, 0) is 0 Å². The lowest BCUT2D eigenvalue weighted by Crippen LogP contribution is -2.44. The molecule has 0 bridgehead atoms. The van der Waals surface area contributed by atoms with Gasteiger partial charge in [0.1, 0.15) is 17.5 Å². The molecule has 2 rings (SSSR count). The van der Waals surface area contributed by atoms with Crippen LogP contribution in [0.4, 0.5) is 0 Å². The zero-order valence-electron chi connectivity index (χ0n) is 11.3. The quantitative estimate of drug-likeness (QED) is 0.797. The number of nitrogens with zero attached hydrogens (tertiary/aromatic N) is 4. The number of hydrogen-bond donors (Lipinski definition) is 0. The summed E-state index contributed by atoms with van der Waals surface area (Å²) in [5.41, 5.74) is 0.628. The molecule has 2 heterocycles. The van der Waals surface area contributed by atoms with Crippen LogP contribution >= 0.6 is 0 Å². The maximum Gasteiger partial charge on any atom is 0.272 e. The Morgan fingerprint density at radius 2 is 2.16 bits per heavy atom. The lowest BCUT2D eigenvalue weighted by atomic mass is 10.0. The number of rotatable bonds is 2. The molecule has 1 amide bonds. The van der Waals surface area contributed by atoms with Gasteiger partial charge in [-0.25, -0.2) is 4.98 Å². The number of likely N-dealkylation sites (tertiary alicyclic amines) is 1. The predicted octanol–water partition coefficient (Wildman–Crippen LogP) is 1.12. The Balaban J connectivity index is 2.08. The predicted molar refractivity (Wildman–Crippen MR) is 71.6 cm³/mol. The smallest absolute Gasteiger partial charge is 0.272 e. The fourth-order valence-electron chi connectivity index (χ4n) is 2.34. The number of nitriles is 1. The lowest BCUT2D eigenvalue weighted by Gasteiger charge is -2.34. The SMILES string of the molecule is CN1CCC(N(C)C(=O)c2cccc(C#N)n2)CC1. The third kappa shape index (κ3) is 3.09. The van der Waals surface area contributed by atoms with Gasteiger partial charge < -0.3 is 9.80 Å². The Bertz CT molecular complexity index is 500. The van der Waals surface area contributed by atoms with E-state index < -0.39 is 0 Å². The van der Waals surface area contributed by atoms with E-state index in [0.29, 0.717) is 5.69 Å². The van der Waals surface area contributed by atoms with Crippen molar-refractivity contribution in [1.82, 2.24) is 14.8 Å².